The number of aromatic nitrogens is 2. The highest BCUT2D eigenvalue weighted by Crippen LogP contribution is 2.21. The number of hydrogen-bond donors (Lipinski definition) is 1. The van der Waals surface area contributed by atoms with Crippen LogP contribution in [0, 0.1) is 6.07 Å². The molecule has 16 heavy (non-hydrogen) atoms. The van der Waals surface area contributed by atoms with Crippen molar-refractivity contribution in [3.8, 4) is 11.4 Å². The average molecular weight is 209 g/mol. The minimum Gasteiger partial charge on any atom is -0.506 e. The maximum absolute atomic E-state index is 9.40. The summed E-state index contributed by atoms with van der Waals surface area (Å²) >= 11 is 0. The Balaban J connectivity index is 2.26. The number of nitrogens with zero attached hydrogens (tertiary/aromatic N) is 2. The first-order valence-electron chi connectivity index (χ1n) is 4.96. The number of rotatable bonds is 1. The molecule has 0 saturated carbocycles. The Labute approximate surface area is 92.6 Å². The Hall–Kier alpha value is -2.29. The molecule has 0 aliphatic carbocycles. The van der Waals surface area contributed by atoms with Crippen molar-refractivity contribution in [2.45, 2.75) is 0 Å². The van der Waals surface area contributed by atoms with Gasteiger partial charge in [-0.3, -0.25) is 4.98 Å². The predicted molar refractivity (Wildman–Crippen MR) is 61.6 cm³/mol. The van der Waals surface area contributed by atoms with Gasteiger partial charge in [-0.1, -0.05) is 6.07 Å². The van der Waals surface area contributed by atoms with Crippen molar-refractivity contribution in [1.82, 2.24) is 9.55 Å². The molecular formula is C13H9N2O. The van der Waals surface area contributed by atoms with Crippen molar-refractivity contribution in [1.29, 1.82) is 0 Å². The molecule has 1 aromatic carbocycles. The zero-order valence-corrected chi connectivity index (χ0v) is 8.46. The van der Waals surface area contributed by atoms with Gasteiger partial charge in [-0.15, -0.1) is 0 Å². The van der Waals surface area contributed by atoms with Crippen molar-refractivity contribution in [3.63, 3.8) is 0 Å². The molecule has 0 atom stereocenters. The maximum Gasteiger partial charge on any atom is 0.135 e. The van der Waals surface area contributed by atoms with Crippen LogP contribution in [0.3, 0.4) is 0 Å². The molecule has 0 aliphatic heterocycles. The van der Waals surface area contributed by atoms with E-state index >= 15 is 0 Å². The third-order valence-corrected chi connectivity index (χ3v) is 2.52. The topological polar surface area (TPSA) is 38.1 Å². The van der Waals surface area contributed by atoms with Crippen LogP contribution in [0.1, 0.15) is 0 Å². The molecule has 2 heterocycles. The van der Waals surface area contributed by atoms with E-state index in [9.17, 15) is 5.11 Å². The predicted octanol–water partition coefficient (Wildman–Crippen LogP) is 2.53. The lowest BCUT2D eigenvalue weighted by Gasteiger charge is -2.04. The number of pyridine rings is 1. The Kier molecular flexibility index (Phi) is 1.90. The van der Waals surface area contributed by atoms with E-state index < -0.39 is 0 Å². The van der Waals surface area contributed by atoms with Crippen LogP contribution < -0.4 is 0 Å². The summed E-state index contributed by atoms with van der Waals surface area (Å²) in [5.41, 5.74) is 1.92. The summed E-state index contributed by atoms with van der Waals surface area (Å²) in [5.74, 6) is 0.168. The van der Waals surface area contributed by atoms with Crippen molar-refractivity contribution >= 4 is 10.9 Å². The van der Waals surface area contributed by atoms with Gasteiger partial charge >= 0.3 is 0 Å². The molecule has 0 fully saturated rings. The second-order valence-electron chi connectivity index (χ2n) is 3.57. The Morgan fingerprint density at radius 1 is 1.25 bits per heavy atom. The molecule has 1 N–H and O–H groups in total. The molecule has 2 aromatic heterocycles. The normalized spacial score (nSPS) is 10.8. The summed E-state index contributed by atoms with van der Waals surface area (Å²) in [7, 11) is 0. The van der Waals surface area contributed by atoms with Gasteiger partial charge in [0.2, 0.25) is 0 Å². The van der Waals surface area contributed by atoms with Gasteiger partial charge in [0.05, 0.1) is 23.6 Å². The first-order chi connectivity index (χ1) is 7.84. The van der Waals surface area contributed by atoms with E-state index in [1.807, 2.05) is 35.0 Å². The second-order valence-corrected chi connectivity index (χ2v) is 3.57. The van der Waals surface area contributed by atoms with Crippen molar-refractivity contribution in [2.75, 3.05) is 0 Å². The van der Waals surface area contributed by atoms with Crippen molar-refractivity contribution in [3.05, 3.63) is 55.0 Å². The summed E-state index contributed by atoms with van der Waals surface area (Å²) < 4.78 is 1.98. The highest BCUT2D eigenvalue weighted by Gasteiger charge is 2.02. The molecule has 3 aromatic rings. The second kappa shape index (κ2) is 3.38. The van der Waals surface area contributed by atoms with Gasteiger partial charge in [-0.25, -0.2) is 0 Å². The number of aromatic hydroxyl groups is 1. The number of benzene rings is 1. The highest BCUT2D eigenvalue weighted by atomic mass is 16.3. The lowest BCUT2D eigenvalue weighted by molar-refractivity contribution is 0.472. The Morgan fingerprint density at radius 2 is 2.19 bits per heavy atom. The molecule has 0 saturated heterocycles. The molecule has 0 spiro atoms. The smallest absolute Gasteiger partial charge is 0.135 e. The summed E-state index contributed by atoms with van der Waals surface area (Å²) in [4.78, 5) is 3.97. The van der Waals surface area contributed by atoms with E-state index in [-0.39, 0.29) is 5.75 Å². The third-order valence-electron chi connectivity index (χ3n) is 2.52. The standard InChI is InChI=1S/C13H9N2O/c16-12-7-11(8-14-9-12)15-6-5-10-3-1-2-4-13(10)15/h2-9,16H. The van der Waals surface area contributed by atoms with Crippen LogP contribution in [0.15, 0.2) is 48.9 Å². The minimum atomic E-state index is 0.168. The maximum atomic E-state index is 9.40. The van der Waals surface area contributed by atoms with Crippen LogP contribution in [0.4, 0.5) is 0 Å². The van der Waals surface area contributed by atoms with Crippen molar-refractivity contribution in [2.24, 2.45) is 0 Å². The number of fused-ring (bicyclic) bond motifs is 1. The molecule has 0 amide bonds. The van der Waals surface area contributed by atoms with Crippen LogP contribution in [-0.2, 0) is 0 Å². The SMILES string of the molecule is Oc1cncc(-n2ccc3c[c]ccc32)c1. The number of hydrogen-bond acceptors (Lipinski definition) is 2. The molecule has 3 nitrogen and oxygen atoms in total. The Bertz CT molecular complexity index is 643. The van der Waals surface area contributed by atoms with E-state index in [1.54, 1.807) is 12.3 Å². The molecule has 0 bridgehead atoms. The summed E-state index contributed by atoms with van der Waals surface area (Å²) in [5, 5.41) is 10.5. The molecule has 3 rings (SSSR count). The van der Waals surface area contributed by atoms with Crippen LogP contribution >= 0.6 is 0 Å². The van der Waals surface area contributed by atoms with E-state index in [1.165, 1.54) is 6.20 Å². The van der Waals surface area contributed by atoms with Gasteiger partial charge in [-0.05, 0) is 24.3 Å². The third kappa shape index (κ3) is 1.34. The monoisotopic (exact) mass is 209 g/mol. The van der Waals surface area contributed by atoms with Gasteiger partial charge in [0.15, 0.2) is 0 Å². The minimum absolute atomic E-state index is 0.168. The van der Waals surface area contributed by atoms with E-state index in [0.717, 1.165) is 16.6 Å². The molecule has 0 unspecified atom stereocenters. The van der Waals surface area contributed by atoms with Gasteiger partial charge < -0.3 is 9.67 Å². The summed E-state index contributed by atoms with van der Waals surface area (Å²) in [6.07, 6.45) is 5.09. The molecular weight excluding hydrogens is 200 g/mol. The van der Waals surface area contributed by atoms with E-state index in [0.29, 0.717) is 0 Å². The summed E-state index contributed by atoms with van der Waals surface area (Å²) in [6, 6.07) is 12.5. The van der Waals surface area contributed by atoms with Gasteiger partial charge in [-0.2, -0.15) is 0 Å². The fraction of sp³-hybridized carbons (Fsp3) is 0. The van der Waals surface area contributed by atoms with Crippen LogP contribution in [0.5, 0.6) is 5.75 Å². The van der Waals surface area contributed by atoms with E-state index in [2.05, 4.69) is 11.1 Å². The van der Waals surface area contributed by atoms with Gasteiger partial charge in [0.25, 0.3) is 0 Å². The van der Waals surface area contributed by atoms with Gasteiger partial charge in [0.1, 0.15) is 5.75 Å². The largest absolute Gasteiger partial charge is 0.506 e. The Morgan fingerprint density at radius 3 is 3.06 bits per heavy atom. The zero-order valence-electron chi connectivity index (χ0n) is 8.46. The fourth-order valence-corrected chi connectivity index (χ4v) is 1.80. The van der Waals surface area contributed by atoms with E-state index in [4.69, 9.17) is 0 Å². The quantitative estimate of drug-likeness (QED) is 0.668. The highest BCUT2D eigenvalue weighted by molar-refractivity contribution is 5.81. The lowest BCUT2D eigenvalue weighted by atomic mass is 10.2. The summed E-state index contributed by atoms with van der Waals surface area (Å²) in [6.45, 7) is 0. The van der Waals surface area contributed by atoms with Crippen LogP contribution in [-0.4, -0.2) is 14.7 Å². The fourth-order valence-electron chi connectivity index (χ4n) is 1.80. The average Bonchev–Trinajstić information content (AvgIpc) is 2.72. The van der Waals surface area contributed by atoms with Crippen LogP contribution in [0.25, 0.3) is 16.6 Å². The first kappa shape index (κ1) is 8.97. The zero-order chi connectivity index (χ0) is 11.0. The molecule has 1 radical (unpaired) electrons. The molecule has 3 heteroatoms. The lowest BCUT2D eigenvalue weighted by Crippen LogP contribution is -1.91. The van der Waals surface area contributed by atoms with Crippen molar-refractivity contribution < 1.29 is 5.11 Å². The van der Waals surface area contributed by atoms with Crippen LogP contribution in [0.2, 0.25) is 0 Å². The first-order valence-corrected chi connectivity index (χ1v) is 4.96. The molecule has 0 aliphatic rings. The molecule has 77 valence electrons. The van der Waals surface area contributed by atoms with Gasteiger partial charge in [0, 0.05) is 17.6 Å².